The molecule has 1 fully saturated rings. The van der Waals surface area contributed by atoms with Crippen LogP contribution in [0.25, 0.3) is 22.0 Å². The van der Waals surface area contributed by atoms with Gasteiger partial charge in [0.15, 0.2) is 0 Å². The first-order valence-electron chi connectivity index (χ1n) is 10.8. The van der Waals surface area contributed by atoms with E-state index in [4.69, 9.17) is 9.47 Å². The van der Waals surface area contributed by atoms with Gasteiger partial charge in [0.1, 0.15) is 17.6 Å². The number of hydrogen-bond donors (Lipinski definition) is 0. The van der Waals surface area contributed by atoms with Gasteiger partial charge in [-0.25, -0.2) is 0 Å². The molecule has 31 heavy (non-hydrogen) atoms. The molecular weight excluding hydrogens is 388 g/mol. The Hall–Kier alpha value is -3.34. The second kappa shape index (κ2) is 8.06. The van der Waals surface area contributed by atoms with Crippen molar-refractivity contribution < 1.29 is 14.3 Å². The normalized spacial score (nSPS) is 16.2. The number of fused-ring (bicyclic) bond motifs is 1. The van der Waals surface area contributed by atoms with Gasteiger partial charge in [0.25, 0.3) is 0 Å². The molecule has 0 spiro atoms. The van der Waals surface area contributed by atoms with Crippen molar-refractivity contribution in [2.45, 2.75) is 32.3 Å². The molecule has 5 nitrogen and oxygen atoms in total. The molecule has 1 aliphatic heterocycles. The molecule has 0 unspecified atom stereocenters. The maximum atomic E-state index is 12.1. The summed E-state index contributed by atoms with van der Waals surface area (Å²) >= 11 is 0. The van der Waals surface area contributed by atoms with Crippen molar-refractivity contribution in [1.29, 1.82) is 0 Å². The summed E-state index contributed by atoms with van der Waals surface area (Å²) in [5.74, 6) is 1.93. The lowest BCUT2D eigenvalue weighted by Crippen LogP contribution is -2.41. The molecule has 2 heterocycles. The highest BCUT2D eigenvalue weighted by atomic mass is 16.5. The van der Waals surface area contributed by atoms with Crippen LogP contribution in [0.4, 0.5) is 0 Å². The summed E-state index contributed by atoms with van der Waals surface area (Å²) < 4.78 is 11.6. The van der Waals surface area contributed by atoms with Gasteiger partial charge in [-0.05, 0) is 48.7 Å². The number of aromatic nitrogens is 1. The highest BCUT2D eigenvalue weighted by molar-refractivity contribution is 5.97. The number of hydrogen-bond acceptors (Lipinski definition) is 4. The number of carbonyl (C=O) groups excluding carboxylic acids is 1. The number of rotatable bonds is 5. The van der Waals surface area contributed by atoms with Crippen LogP contribution in [0.3, 0.4) is 0 Å². The average molecular weight is 415 g/mol. The van der Waals surface area contributed by atoms with Gasteiger partial charge >= 0.3 is 0 Å². The van der Waals surface area contributed by atoms with E-state index < -0.39 is 0 Å². The molecule has 1 aliphatic carbocycles. The van der Waals surface area contributed by atoms with Gasteiger partial charge in [-0.1, -0.05) is 18.2 Å². The Labute approximate surface area is 182 Å². The third-order valence-corrected chi connectivity index (χ3v) is 6.10. The summed E-state index contributed by atoms with van der Waals surface area (Å²) in [6.45, 7) is 3.58. The topological polar surface area (TPSA) is 51.7 Å². The van der Waals surface area contributed by atoms with Crippen molar-refractivity contribution in [3.8, 4) is 22.6 Å². The van der Waals surface area contributed by atoms with Gasteiger partial charge < -0.3 is 14.4 Å². The van der Waals surface area contributed by atoms with E-state index in [0.717, 1.165) is 77.0 Å². The Morgan fingerprint density at radius 2 is 1.81 bits per heavy atom. The largest absolute Gasteiger partial charge is 0.496 e. The number of benzene rings is 2. The maximum Gasteiger partial charge on any atom is 0.249 e. The number of piperidine rings is 1. The summed E-state index contributed by atoms with van der Waals surface area (Å²) in [5, 5.41) is 1.10. The van der Waals surface area contributed by atoms with E-state index in [0.29, 0.717) is 0 Å². The molecule has 0 bridgehead atoms. The van der Waals surface area contributed by atoms with E-state index in [9.17, 15) is 4.79 Å². The molecule has 2 aromatic carbocycles. The number of methoxy groups -OCH3 is 1. The van der Waals surface area contributed by atoms with Crippen LogP contribution >= 0.6 is 0 Å². The van der Waals surface area contributed by atoms with Gasteiger partial charge in [-0.15, -0.1) is 0 Å². The number of carbonyl (C=O) groups is 1. The number of pyridine rings is 1. The second-order valence-corrected chi connectivity index (χ2v) is 8.31. The van der Waals surface area contributed by atoms with Crippen LogP contribution in [0.5, 0.6) is 11.5 Å². The van der Waals surface area contributed by atoms with Crippen LogP contribution in [0.15, 0.2) is 60.3 Å². The highest BCUT2D eigenvalue weighted by Gasteiger charge is 2.28. The third kappa shape index (κ3) is 4.13. The van der Waals surface area contributed by atoms with Crippen molar-refractivity contribution >= 4 is 16.8 Å². The molecule has 2 aliphatic rings. The van der Waals surface area contributed by atoms with Crippen LogP contribution in [-0.2, 0) is 4.79 Å². The molecule has 3 aromatic rings. The molecule has 1 amide bonds. The van der Waals surface area contributed by atoms with E-state index >= 15 is 0 Å². The van der Waals surface area contributed by atoms with Gasteiger partial charge in [-0.3, -0.25) is 9.78 Å². The van der Waals surface area contributed by atoms with Crippen LogP contribution < -0.4 is 9.47 Å². The van der Waals surface area contributed by atoms with Crippen molar-refractivity contribution in [3.05, 3.63) is 65.9 Å². The quantitative estimate of drug-likeness (QED) is 0.595. The zero-order valence-electron chi connectivity index (χ0n) is 17.9. The summed E-state index contributed by atoms with van der Waals surface area (Å²) in [7, 11) is 1.68. The number of amides is 1. The van der Waals surface area contributed by atoms with Crippen LogP contribution in [0.2, 0.25) is 0 Å². The Morgan fingerprint density at radius 1 is 1.06 bits per heavy atom. The first-order chi connectivity index (χ1) is 15.1. The molecule has 0 radical (unpaired) electrons. The molecule has 1 aromatic heterocycles. The summed E-state index contributed by atoms with van der Waals surface area (Å²) in [4.78, 5) is 18.7. The molecule has 158 valence electrons. The minimum atomic E-state index is 0.156. The Balaban J connectivity index is 1.25. The molecule has 0 N–H and O–H groups in total. The summed E-state index contributed by atoms with van der Waals surface area (Å²) in [6, 6.07) is 14.4. The van der Waals surface area contributed by atoms with Gasteiger partial charge in [-0.2, -0.15) is 0 Å². The average Bonchev–Trinajstić information content (AvgIpc) is 3.64. The van der Waals surface area contributed by atoms with Gasteiger partial charge in [0.2, 0.25) is 5.91 Å². The first-order valence-corrected chi connectivity index (χ1v) is 10.8. The number of ether oxygens (including phenoxy) is 2. The zero-order chi connectivity index (χ0) is 21.4. The molecule has 0 atom stereocenters. The smallest absolute Gasteiger partial charge is 0.249 e. The number of allylic oxidation sites excluding steroid dienone is 1. The van der Waals surface area contributed by atoms with E-state index in [1.54, 1.807) is 7.11 Å². The predicted molar refractivity (Wildman–Crippen MR) is 121 cm³/mol. The maximum absolute atomic E-state index is 12.1. The fraction of sp³-hybridized carbons (Fsp3) is 0.308. The lowest BCUT2D eigenvalue weighted by Gasteiger charge is -2.31. The Bertz CT molecular complexity index is 1160. The molecule has 5 rings (SSSR count). The number of aryl methyl sites for hydroxylation is 1. The lowest BCUT2D eigenvalue weighted by molar-refractivity contribution is -0.128. The van der Waals surface area contributed by atoms with Crippen LogP contribution in [0.1, 0.15) is 24.8 Å². The van der Waals surface area contributed by atoms with Crippen LogP contribution in [0, 0.1) is 6.92 Å². The third-order valence-electron chi connectivity index (χ3n) is 6.10. The molecule has 1 saturated heterocycles. The van der Waals surface area contributed by atoms with Crippen LogP contribution in [-0.4, -0.2) is 42.1 Å². The van der Waals surface area contributed by atoms with E-state index in [1.807, 2.05) is 42.3 Å². The van der Waals surface area contributed by atoms with Crippen molar-refractivity contribution in [2.75, 3.05) is 20.2 Å². The van der Waals surface area contributed by atoms with Crippen molar-refractivity contribution in [1.82, 2.24) is 9.88 Å². The first kappa shape index (κ1) is 19.6. The van der Waals surface area contributed by atoms with Gasteiger partial charge in [0.05, 0.1) is 12.6 Å². The van der Waals surface area contributed by atoms with E-state index in [-0.39, 0.29) is 12.0 Å². The van der Waals surface area contributed by atoms with Gasteiger partial charge in [0, 0.05) is 54.7 Å². The fourth-order valence-electron chi connectivity index (χ4n) is 4.17. The zero-order valence-corrected chi connectivity index (χ0v) is 17.9. The van der Waals surface area contributed by atoms with E-state index in [1.165, 1.54) is 0 Å². The summed E-state index contributed by atoms with van der Waals surface area (Å²) in [6.07, 6.45) is 6.66. The summed E-state index contributed by atoms with van der Waals surface area (Å²) in [5.41, 5.74) is 5.17. The monoisotopic (exact) mass is 414 g/mol. The minimum Gasteiger partial charge on any atom is -0.496 e. The highest BCUT2D eigenvalue weighted by Crippen LogP contribution is 2.30. The van der Waals surface area contributed by atoms with Crippen molar-refractivity contribution in [3.63, 3.8) is 0 Å². The molecule has 5 heteroatoms. The second-order valence-electron chi connectivity index (χ2n) is 8.31. The minimum absolute atomic E-state index is 0.156. The molecule has 0 saturated carbocycles. The molecular formula is C26H26N2O3. The standard InChI is InChI=1S/C26H26N2O3/c1-17-13-20-14-21(16-27-24(20)15-25(17)30-2)18-5-7-22(8-6-18)31-23-9-11-28(12-10-23)26(29)19-3-4-19/h3,5-8,13-16,23H,4,9-12H2,1-2H3. The Kier molecular flexibility index (Phi) is 5.10. The number of nitrogens with zero attached hydrogens (tertiary/aromatic N) is 2. The fourth-order valence-corrected chi connectivity index (χ4v) is 4.17. The predicted octanol–water partition coefficient (Wildman–Crippen LogP) is 4.92. The van der Waals surface area contributed by atoms with E-state index in [2.05, 4.69) is 29.2 Å². The number of likely N-dealkylation sites (tertiary alicyclic amines) is 1. The van der Waals surface area contributed by atoms with Crippen molar-refractivity contribution in [2.24, 2.45) is 0 Å². The Morgan fingerprint density at radius 3 is 2.48 bits per heavy atom. The SMILES string of the molecule is COc1cc2ncc(-c3ccc(OC4CCN(C(=O)C5=CC5)CC4)cc3)cc2cc1C. The lowest BCUT2D eigenvalue weighted by atomic mass is 10.0.